The number of amides is 1. The van der Waals surface area contributed by atoms with Gasteiger partial charge in [-0.1, -0.05) is 0 Å². The molecule has 1 aliphatic rings. The highest BCUT2D eigenvalue weighted by molar-refractivity contribution is 5.76. The maximum Gasteiger partial charge on any atom is 0.248 e. The van der Waals surface area contributed by atoms with E-state index in [2.05, 4.69) is 15.3 Å². The van der Waals surface area contributed by atoms with Crippen molar-refractivity contribution in [3.05, 3.63) is 18.1 Å². The fourth-order valence-corrected chi connectivity index (χ4v) is 2.25. The number of nitrogens with one attached hydrogen (secondary N) is 1. The van der Waals surface area contributed by atoms with Gasteiger partial charge in [-0.15, -0.1) is 0 Å². The van der Waals surface area contributed by atoms with E-state index >= 15 is 0 Å². The number of hydrogen-bond donors (Lipinski definition) is 1. The van der Waals surface area contributed by atoms with Crippen LogP contribution in [0.15, 0.2) is 12.4 Å². The normalized spacial score (nSPS) is 21.0. The third kappa shape index (κ3) is 5.42. The summed E-state index contributed by atoms with van der Waals surface area (Å²) in [7, 11) is 5.04. The average Bonchev–Trinajstić information content (AvgIpc) is 2.54. The second kappa shape index (κ2) is 8.76. The van der Waals surface area contributed by atoms with E-state index in [9.17, 15) is 4.79 Å². The van der Waals surface area contributed by atoms with Gasteiger partial charge in [0.2, 0.25) is 5.91 Å². The Morgan fingerprint density at radius 3 is 3.04 bits per heavy atom. The Kier molecular flexibility index (Phi) is 6.69. The number of aromatic nitrogens is 2. The number of carbonyl (C=O) groups is 1. The van der Waals surface area contributed by atoms with Crippen LogP contribution in [0.2, 0.25) is 0 Å². The minimum Gasteiger partial charge on any atom is -0.379 e. The van der Waals surface area contributed by atoms with E-state index in [0.717, 1.165) is 12.1 Å². The van der Waals surface area contributed by atoms with E-state index in [1.807, 2.05) is 6.07 Å². The van der Waals surface area contributed by atoms with Gasteiger partial charge in [0.25, 0.3) is 0 Å². The Morgan fingerprint density at radius 2 is 2.30 bits per heavy atom. The van der Waals surface area contributed by atoms with E-state index in [1.54, 1.807) is 21.2 Å². The van der Waals surface area contributed by atoms with Gasteiger partial charge in [-0.3, -0.25) is 4.79 Å². The summed E-state index contributed by atoms with van der Waals surface area (Å²) in [6.07, 6.45) is 2.12. The Morgan fingerprint density at radius 1 is 1.48 bits per heavy atom. The Bertz CT molecular complexity index is 512. The van der Waals surface area contributed by atoms with Crippen molar-refractivity contribution >= 4 is 11.7 Å². The van der Waals surface area contributed by atoms with Crippen LogP contribution in [0.1, 0.15) is 12.1 Å². The molecular formula is C15H24N4O4. The molecule has 2 heterocycles. The number of nitrogens with zero attached hydrogens (tertiary/aromatic N) is 3. The standard InChI is InChI=1S/C15H24N4O4/c1-19(2)15(20)9-23-13-4-5-22-8-12(13)18-14-6-11(7-21-3)16-10-17-14/h6,10,12-13H,4-5,7-9H2,1-3H3,(H,16,17,18)/t12-,13+/m1/s1. The van der Waals surface area contributed by atoms with Crippen LogP contribution in [0.5, 0.6) is 0 Å². The van der Waals surface area contributed by atoms with E-state index in [4.69, 9.17) is 14.2 Å². The fraction of sp³-hybridized carbons (Fsp3) is 0.667. The van der Waals surface area contributed by atoms with Crippen LogP contribution in [0.25, 0.3) is 0 Å². The zero-order chi connectivity index (χ0) is 16.7. The molecular weight excluding hydrogens is 300 g/mol. The summed E-state index contributed by atoms with van der Waals surface area (Å²) in [5.41, 5.74) is 0.794. The van der Waals surface area contributed by atoms with Crippen molar-refractivity contribution in [1.82, 2.24) is 14.9 Å². The van der Waals surface area contributed by atoms with E-state index in [0.29, 0.717) is 25.6 Å². The highest BCUT2D eigenvalue weighted by atomic mass is 16.5. The van der Waals surface area contributed by atoms with Crippen LogP contribution in [-0.4, -0.2) is 73.9 Å². The summed E-state index contributed by atoms with van der Waals surface area (Å²) < 4.78 is 16.3. The number of hydrogen-bond acceptors (Lipinski definition) is 7. The number of likely N-dealkylation sites (N-methyl/N-ethyl adjacent to an activating group) is 1. The lowest BCUT2D eigenvalue weighted by Gasteiger charge is -2.32. The van der Waals surface area contributed by atoms with E-state index < -0.39 is 0 Å². The lowest BCUT2D eigenvalue weighted by atomic mass is 10.1. The molecule has 0 bridgehead atoms. The molecule has 8 heteroatoms. The summed E-state index contributed by atoms with van der Waals surface area (Å²) >= 11 is 0. The van der Waals surface area contributed by atoms with E-state index in [-0.39, 0.29) is 24.7 Å². The van der Waals surface area contributed by atoms with Crippen molar-refractivity contribution in [2.75, 3.05) is 46.3 Å². The van der Waals surface area contributed by atoms with Crippen molar-refractivity contribution in [2.45, 2.75) is 25.2 Å². The first kappa shape index (κ1) is 17.6. The van der Waals surface area contributed by atoms with Gasteiger partial charge in [-0.2, -0.15) is 0 Å². The molecule has 0 unspecified atom stereocenters. The van der Waals surface area contributed by atoms with Crippen LogP contribution in [-0.2, 0) is 25.6 Å². The first-order valence-corrected chi connectivity index (χ1v) is 7.56. The van der Waals surface area contributed by atoms with E-state index in [1.165, 1.54) is 11.2 Å². The molecule has 1 aromatic heterocycles. The van der Waals surface area contributed by atoms with Gasteiger partial charge in [0, 0.05) is 33.9 Å². The van der Waals surface area contributed by atoms with Crippen molar-refractivity contribution in [3.63, 3.8) is 0 Å². The minimum absolute atomic E-state index is 0.0559. The first-order chi connectivity index (χ1) is 11.1. The molecule has 23 heavy (non-hydrogen) atoms. The second-order valence-corrected chi connectivity index (χ2v) is 5.58. The number of carbonyl (C=O) groups excluding carboxylic acids is 1. The topological polar surface area (TPSA) is 85.8 Å². The van der Waals surface area contributed by atoms with Gasteiger partial charge < -0.3 is 24.4 Å². The summed E-state index contributed by atoms with van der Waals surface area (Å²) in [5.74, 6) is 0.634. The third-order valence-electron chi connectivity index (χ3n) is 3.56. The second-order valence-electron chi connectivity index (χ2n) is 5.58. The minimum atomic E-state index is -0.103. The molecule has 2 rings (SSSR count). The van der Waals surface area contributed by atoms with Crippen molar-refractivity contribution in [3.8, 4) is 0 Å². The van der Waals surface area contributed by atoms with Crippen LogP contribution in [0.4, 0.5) is 5.82 Å². The molecule has 0 spiro atoms. The van der Waals surface area contributed by atoms with Gasteiger partial charge in [0.05, 0.1) is 31.1 Å². The predicted octanol–water partition coefficient (Wildman–Crippen LogP) is 0.297. The fourth-order valence-electron chi connectivity index (χ4n) is 2.25. The summed E-state index contributed by atoms with van der Waals surface area (Å²) in [5, 5.41) is 3.30. The highest BCUT2D eigenvalue weighted by Crippen LogP contribution is 2.17. The molecule has 0 aromatic carbocycles. The molecule has 1 saturated heterocycles. The van der Waals surface area contributed by atoms with Gasteiger partial charge in [-0.25, -0.2) is 9.97 Å². The SMILES string of the molecule is COCc1cc(N[C@@H]2COCC[C@@H]2OCC(=O)N(C)C)ncn1. The molecule has 128 valence electrons. The number of ether oxygens (including phenoxy) is 3. The molecule has 1 N–H and O–H groups in total. The summed E-state index contributed by atoms with van der Waals surface area (Å²) in [6.45, 7) is 1.62. The smallest absolute Gasteiger partial charge is 0.248 e. The van der Waals surface area contributed by atoms with Crippen molar-refractivity contribution in [2.24, 2.45) is 0 Å². The average molecular weight is 324 g/mol. The van der Waals surface area contributed by atoms with Gasteiger partial charge in [0.1, 0.15) is 18.8 Å². The number of methoxy groups -OCH3 is 1. The lowest BCUT2D eigenvalue weighted by Crippen LogP contribution is -2.45. The predicted molar refractivity (Wildman–Crippen MR) is 84.0 cm³/mol. The molecule has 2 atom stereocenters. The Hall–Kier alpha value is -1.77. The number of anilines is 1. The van der Waals surface area contributed by atoms with Crippen LogP contribution in [0.3, 0.4) is 0 Å². The molecule has 0 radical (unpaired) electrons. The largest absolute Gasteiger partial charge is 0.379 e. The molecule has 1 aromatic rings. The van der Waals surface area contributed by atoms with Crippen LogP contribution >= 0.6 is 0 Å². The monoisotopic (exact) mass is 324 g/mol. The van der Waals surface area contributed by atoms with Crippen LogP contribution < -0.4 is 5.32 Å². The number of rotatable bonds is 7. The Balaban J connectivity index is 1.95. The third-order valence-corrected chi connectivity index (χ3v) is 3.56. The zero-order valence-corrected chi connectivity index (χ0v) is 13.8. The van der Waals surface area contributed by atoms with Crippen molar-refractivity contribution in [1.29, 1.82) is 0 Å². The maximum atomic E-state index is 11.7. The summed E-state index contributed by atoms with van der Waals surface area (Å²) in [4.78, 5) is 21.5. The molecule has 1 amide bonds. The Labute approximate surface area is 136 Å². The first-order valence-electron chi connectivity index (χ1n) is 7.56. The van der Waals surface area contributed by atoms with Gasteiger partial charge >= 0.3 is 0 Å². The maximum absolute atomic E-state index is 11.7. The van der Waals surface area contributed by atoms with Crippen LogP contribution in [0, 0.1) is 0 Å². The van der Waals surface area contributed by atoms with Gasteiger partial charge in [-0.05, 0) is 6.42 Å². The zero-order valence-electron chi connectivity index (χ0n) is 13.8. The quantitative estimate of drug-likeness (QED) is 0.772. The van der Waals surface area contributed by atoms with Gasteiger partial charge in [0.15, 0.2) is 0 Å². The van der Waals surface area contributed by atoms with Crippen molar-refractivity contribution < 1.29 is 19.0 Å². The molecule has 1 fully saturated rings. The molecule has 0 aliphatic carbocycles. The highest BCUT2D eigenvalue weighted by Gasteiger charge is 2.27. The lowest BCUT2D eigenvalue weighted by molar-refractivity contribution is -0.138. The molecule has 0 saturated carbocycles. The summed E-state index contributed by atoms with van der Waals surface area (Å²) in [6, 6.07) is 1.77. The molecule has 1 aliphatic heterocycles. The molecule has 8 nitrogen and oxygen atoms in total.